The number of amides is 2. The van der Waals surface area contributed by atoms with Gasteiger partial charge in [-0.2, -0.15) is 5.10 Å². The Kier molecular flexibility index (Phi) is 6.64. The number of carbonyl (C=O) groups is 2. The molecule has 3 aromatic rings. The van der Waals surface area contributed by atoms with Gasteiger partial charge in [-0.05, 0) is 50.2 Å². The molecule has 0 aliphatic carbocycles. The molecule has 0 spiro atoms. The van der Waals surface area contributed by atoms with Crippen LogP contribution in [0, 0.1) is 5.92 Å². The zero-order valence-corrected chi connectivity index (χ0v) is 17.0. The molecule has 2 aromatic carbocycles. The summed E-state index contributed by atoms with van der Waals surface area (Å²) in [6.45, 7) is 3.44. The number of rotatable bonds is 8. The number of anilines is 2. The Morgan fingerprint density at radius 1 is 1.17 bits per heavy atom. The normalized spacial score (nSPS) is 12.2. The molecule has 1 atom stereocenters. The highest BCUT2D eigenvalue weighted by molar-refractivity contribution is 6.08. The second kappa shape index (κ2) is 9.56. The molecule has 1 N–H and O–H groups in total. The van der Waals surface area contributed by atoms with E-state index < -0.39 is 5.92 Å². The number of furan rings is 1. The number of nitrogens with one attached hydrogen (secondary N) is 1. The van der Waals surface area contributed by atoms with Crippen molar-refractivity contribution in [2.45, 2.75) is 13.8 Å². The minimum absolute atomic E-state index is 0.232. The minimum atomic E-state index is -0.551. The topological polar surface area (TPSA) is 84.1 Å². The minimum Gasteiger partial charge on any atom is -0.497 e. The first-order chi connectivity index (χ1) is 14.5. The van der Waals surface area contributed by atoms with Crippen LogP contribution >= 0.6 is 0 Å². The van der Waals surface area contributed by atoms with Gasteiger partial charge in [0.05, 0.1) is 25.0 Å². The summed E-state index contributed by atoms with van der Waals surface area (Å²) in [4.78, 5) is 24.3. The fourth-order valence-corrected chi connectivity index (χ4v) is 2.78. The summed E-state index contributed by atoms with van der Waals surface area (Å²) in [6, 6.07) is 18.0. The van der Waals surface area contributed by atoms with E-state index in [1.54, 1.807) is 57.6 Å². The fraction of sp³-hybridized carbons (Fsp3) is 0.174. The predicted octanol–water partition coefficient (Wildman–Crippen LogP) is 4.57. The van der Waals surface area contributed by atoms with Gasteiger partial charge in [-0.3, -0.25) is 9.59 Å². The van der Waals surface area contributed by atoms with Gasteiger partial charge in [0.2, 0.25) is 12.3 Å². The summed E-state index contributed by atoms with van der Waals surface area (Å²) in [5, 5.41) is 8.38. The van der Waals surface area contributed by atoms with Crippen molar-refractivity contribution in [3.63, 3.8) is 0 Å². The second-order valence-corrected chi connectivity index (χ2v) is 6.66. The van der Waals surface area contributed by atoms with Crippen molar-refractivity contribution in [2.75, 3.05) is 17.4 Å². The van der Waals surface area contributed by atoms with Crippen molar-refractivity contribution in [1.82, 2.24) is 0 Å². The van der Waals surface area contributed by atoms with Crippen molar-refractivity contribution in [2.24, 2.45) is 11.0 Å². The smallest absolute Gasteiger partial charge is 0.234 e. The predicted molar refractivity (Wildman–Crippen MR) is 117 cm³/mol. The lowest BCUT2D eigenvalue weighted by molar-refractivity contribution is -0.117. The lowest BCUT2D eigenvalue weighted by Crippen LogP contribution is -2.28. The van der Waals surface area contributed by atoms with E-state index in [0.29, 0.717) is 29.2 Å². The van der Waals surface area contributed by atoms with E-state index in [0.717, 1.165) is 11.3 Å². The molecule has 0 radical (unpaired) electrons. The van der Waals surface area contributed by atoms with Crippen LogP contribution in [0.25, 0.3) is 11.3 Å². The van der Waals surface area contributed by atoms with Crippen LogP contribution in [0.2, 0.25) is 0 Å². The molecular formula is C23H23N3O4. The first-order valence-electron chi connectivity index (χ1n) is 9.40. The molecule has 1 aromatic heterocycles. The molecule has 1 unspecified atom stereocenters. The van der Waals surface area contributed by atoms with Gasteiger partial charge in [0, 0.05) is 23.0 Å². The molecule has 0 aliphatic heterocycles. The zero-order chi connectivity index (χ0) is 21.5. The van der Waals surface area contributed by atoms with E-state index >= 15 is 0 Å². The molecule has 3 rings (SSSR count). The quantitative estimate of drug-likeness (QED) is 0.338. The number of methoxy groups -OCH3 is 1. The van der Waals surface area contributed by atoms with Crippen molar-refractivity contribution in [3.05, 3.63) is 66.9 Å². The van der Waals surface area contributed by atoms with E-state index in [1.165, 1.54) is 5.01 Å². The maximum Gasteiger partial charge on any atom is 0.234 e. The molecule has 1 heterocycles. The van der Waals surface area contributed by atoms with Crippen LogP contribution in [0.5, 0.6) is 5.75 Å². The lowest BCUT2D eigenvalue weighted by atomic mass is 10.1. The van der Waals surface area contributed by atoms with Crippen molar-refractivity contribution in [1.29, 1.82) is 0 Å². The summed E-state index contributed by atoms with van der Waals surface area (Å²) >= 11 is 0. The van der Waals surface area contributed by atoms with Crippen LogP contribution in [0.15, 0.2) is 76.4 Å². The van der Waals surface area contributed by atoms with E-state index in [9.17, 15) is 9.59 Å². The SMILES string of the molecule is COc1cccc(N(C=O)/N=C(/C)C(C)C(=O)Nc2cccc(-c3ccco3)c2)c1. The van der Waals surface area contributed by atoms with Gasteiger partial charge in [0.25, 0.3) is 0 Å². The monoisotopic (exact) mass is 405 g/mol. The largest absolute Gasteiger partial charge is 0.497 e. The van der Waals surface area contributed by atoms with Crippen LogP contribution < -0.4 is 15.1 Å². The molecule has 0 saturated carbocycles. The van der Waals surface area contributed by atoms with Crippen molar-refractivity contribution < 1.29 is 18.7 Å². The lowest BCUT2D eigenvalue weighted by Gasteiger charge is -2.17. The summed E-state index contributed by atoms with van der Waals surface area (Å²) in [6.07, 6.45) is 2.19. The zero-order valence-electron chi connectivity index (χ0n) is 17.0. The van der Waals surface area contributed by atoms with E-state index in [-0.39, 0.29) is 5.91 Å². The Hall–Kier alpha value is -3.87. The molecular weight excluding hydrogens is 382 g/mol. The van der Waals surface area contributed by atoms with Crippen LogP contribution in [0.4, 0.5) is 11.4 Å². The maximum absolute atomic E-state index is 12.7. The number of nitrogens with zero attached hydrogens (tertiary/aromatic N) is 2. The van der Waals surface area contributed by atoms with Crippen LogP contribution in [-0.2, 0) is 9.59 Å². The van der Waals surface area contributed by atoms with Gasteiger partial charge in [0.15, 0.2) is 0 Å². The van der Waals surface area contributed by atoms with E-state index in [4.69, 9.17) is 9.15 Å². The van der Waals surface area contributed by atoms with Crippen molar-refractivity contribution >= 4 is 29.4 Å². The summed E-state index contributed by atoms with van der Waals surface area (Å²) in [7, 11) is 1.55. The molecule has 7 nitrogen and oxygen atoms in total. The third-order valence-corrected chi connectivity index (χ3v) is 4.64. The molecule has 154 valence electrons. The van der Waals surface area contributed by atoms with Gasteiger partial charge in [-0.15, -0.1) is 0 Å². The molecule has 0 bridgehead atoms. The first-order valence-corrected chi connectivity index (χ1v) is 9.40. The Labute approximate surface area is 175 Å². The Morgan fingerprint density at radius 3 is 2.67 bits per heavy atom. The fourth-order valence-electron chi connectivity index (χ4n) is 2.78. The number of hydrogen-bond donors (Lipinski definition) is 1. The van der Waals surface area contributed by atoms with Gasteiger partial charge >= 0.3 is 0 Å². The summed E-state index contributed by atoms with van der Waals surface area (Å²) < 4.78 is 10.6. The maximum atomic E-state index is 12.7. The summed E-state index contributed by atoms with van der Waals surface area (Å²) in [5.74, 6) is 0.543. The number of carbonyl (C=O) groups excluding carboxylic acids is 2. The number of ether oxygens (including phenoxy) is 1. The molecule has 2 amide bonds. The number of hydrogen-bond acceptors (Lipinski definition) is 5. The molecule has 0 fully saturated rings. The van der Waals surface area contributed by atoms with Crippen LogP contribution in [0.3, 0.4) is 0 Å². The highest BCUT2D eigenvalue weighted by Crippen LogP contribution is 2.24. The standard InChI is InChI=1S/C23H23N3O4/c1-16(17(2)25-26(15-27)20-9-5-10-21(14-20)29-3)23(28)24-19-8-4-7-18(13-19)22-11-6-12-30-22/h4-16H,1-3H3,(H,24,28)/b25-17-. The number of hydrazone groups is 1. The van der Waals surface area contributed by atoms with Gasteiger partial charge < -0.3 is 14.5 Å². The third-order valence-electron chi connectivity index (χ3n) is 4.64. The van der Waals surface area contributed by atoms with E-state index in [1.807, 2.05) is 30.3 Å². The Morgan fingerprint density at radius 2 is 1.97 bits per heavy atom. The number of benzene rings is 2. The average molecular weight is 405 g/mol. The van der Waals surface area contributed by atoms with Gasteiger partial charge in [0.1, 0.15) is 11.5 Å². The first kappa shape index (κ1) is 20.9. The third kappa shape index (κ3) is 4.94. The molecule has 0 saturated heterocycles. The van der Waals surface area contributed by atoms with Gasteiger partial charge in [-0.25, -0.2) is 5.01 Å². The van der Waals surface area contributed by atoms with Crippen LogP contribution in [-0.4, -0.2) is 25.1 Å². The average Bonchev–Trinajstić information content (AvgIpc) is 3.32. The molecule has 7 heteroatoms. The van der Waals surface area contributed by atoms with Crippen molar-refractivity contribution in [3.8, 4) is 17.1 Å². The highest BCUT2D eigenvalue weighted by atomic mass is 16.5. The van der Waals surface area contributed by atoms with Gasteiger partial charge in [-0.1, -0.05) is 18.2 Å². The second-order valence-electron chi connectivity index (χ2n) is 6.66. The highest BCUT2D eigenvalue weighted by Gasteiger charge is 2.18. The molecule has 0 aliphatic rings. The Balaban J connectivity index is 1.73. The van der Waals surface area contributed by atoms with E-state index in [2.05, 4.69) is 10.4 Å². The Bertz CT molecular complexity index is 1040. The van der Waals surface area contributed by atoms with Crippen LogP contribution in [0.1, 0.15) is 13.8 Å². The molecule has 30 heavy (non-hydrogen) atoms. The summed E-state index contributed by atoms with van der Waals surface area (Å²) in [5.41, 5.74) is 2.54.